The number of carbonyl (C=O) groups excluding carboxylic acids is 3. The Morgan fingerprint density at radius 3 is 2.26 bits per heavy atom. The van der Waals surface area contributed by atoms with Gasteiger partial charge in [0, 0.05) is 13.8 Å². The fourth-order valence-corrected chi connectivity index (χ4v) is 3.50. The topological polar surface area (TPSA) is 128 Å². The second kappa shape index (κ2) is 12.6. The molecule has 11 heteroatoms. The number of ether oxygens (including phenoxy) is 3. The van der Waals surface area contributed by atoms with Crippen LogP contribution in [0.15, 0.2) is 0 Å². The monoisotopic (exact) mass is 423 g/mol. The lowest BCUT2D eigenvalue weighted by Crippen LogP contribution is -2.44. The van der Waals surface area contributed by atoms with E-state index in [-0.39, 0.29) is 25.4 Å². The lowest BCUT2D eigenvalue weighted by atomic mass is 10.3. The number of methoxy groups -OCH3 is 1. The van der Waals surface area contributed by atoms with Gasteiger partial charge in [0.15, 0.2) is 0 Å². The van der Waals surface area contributed by atoms with Crippen LogP contribution in [0.4, 0.5) is 4.79 Å². The van der Waals surface area contributed by atoms with Crippen molar-refractivity contribution in [3.63, 3.8) is 0 Å². The summed E-state index contributed by atoms with van der Waals surface area (Å²) in [4.78, 5) is 46.5. The third kappa shape index (κ3) is 12.3. The number of carboxylic acid groups (broad SMARTS) is 1. The fraction of sp³-hybridized carbons (Fsp3) is 0.750. The van der Waals surface area contributed by atoms with Gasteiger partial charge in [-0.25, -0.2) is 9.59 Å². The number of alkyl carbamates (subject to hydrolysis) is 1. The lowest BCUT2D eigenvalue weighted by molar-refractivity contribution is -0.146. The van der Waals surface area contributed by atoms with Gasteiger partial charge < -0.3 is 24.6 Å². The van der Waals surface area contributed by atoms with Crippen molar-refractivity contribution < 1.29 is 38.5 Å². The number of hydrogen-bond donors (Lipinski definition) is 2. The van der Waals surface area contributed by atoms with Crippen LogP contribution < -0.4 is 5.32 Å². The van der Waals surface area contributed by atoms with Crippen LogP contribution in [0.3, 0.4) is 0 Å². The van der Waals surface area contributed by atoms with Gasteiger partial charge in [-0.15, -0.1) is 11.8 Å². The summed E-state index contributed by atoms with van der Waals surface area (Å²) in [5.74, 6) is -2.68. The average molecular weight is 424 g/mol. The molecule has 0 aliphatic heterocycles. The first-order chi connectivity index (χ1) is 12.5. The molecule has 0 bridgehead atoms. The van der Waals surface area contributed by atoms with Crippen molar-refractivity contribution in [2.24, 2.45) is 0 Å². The number of rotatable bonds is 12. The fourth-order valence-electron chi connectivity index (χ4n) is 1.75. The Morgan fingerprint density at radius 2 is 1.78 bits per heavy atom. The first kappa shape index (κ1) is 25.2. The minimum atomic E-state index is -1.37. The Labute approximate surface area is 164 Å². The van der Waals surface area contributed by atoms with Gasteiger partial charge in [-0.05, 0) is 13.0 Å². The molecule has 0 radical (unpaired) electrons. The minimum Gasteiger partial charge on any atom is -0.480 e. The van der Waals surface area contributed by atoms with E-state index < -0.39 is 43.4 Å². The maximum Gasteiger partial charge on any atom is 0.407 e. The number of carbonyl (C=O) groups is 4. The molecule has 0 aromatic rings. The van der Waals surface area contributed by atoms with Gasteiger partial charge in [-0.3, -0.25) is 9.59 Å². The lowest BCUT2D eigenvalue weighted by Gasteiger charge is -2.19. The van der Waals surface area contributed by atoms with Crippen molar-refractivity contribution in [2.75, 3.05) is 26.1 Å². The van der Waals surface area contributed by atoms with E-state index in [2.05, 4.69) is 29.7 Å². The number of amides is 1. The molecule has 0 spiro atoms. The molecule has 0 saturated heterocycles. The van der Waals surface area contributed by atoms with E-state index in [1.54, 1.807) is 6.92 Å². The van der Waals surface area contributed by atoms with Crippen molar-refractivity contribution in [3.8, 4) is 0 Å². The molecule has 0 rings (SSSR count). The molecule has 2 unspecified atom stereocenters. The zero-order valence-corrected chi connectivity index (χ0v) is 18.2. The highest BCUT2D eigenvalue weighted by atomic mass is 32.2. The summed E-state index contributed by atoms with van der Waals surface area (Å²) in [6, 6.07) is -0.318. The molecule has 2 N–H and O–H groups in total. The maximum atomic E-state index is 11.9. The third-order valence-electron chi connectivity index (χ3n) is 3.26. The quantitative estimate of drug-likeness (QED) is 0.274. The Balaban J connectivity index is 4.71. The highest BCUT2D eigenvalue weighted by Crippen LogP contribution is 2.18. The molecule has 0 heterocycles. The molecular weight excluding hydrogens is 394 g/mol. The number of nitrogens with one attached hydrogen (secondary N) is 1. The number of esters is 2. The van der Waals surface area contributed by atoms with Crippen molar-refractivity contribution in [3.05, 3.63) is 0 Å². The van der Waals surface area contributed by atoms with Crippen LogP contribution in [0, 0.1) is 0 Å². The summed E-state index contributed by atoms with van der Waals surface area (Å²) in [6.07, 6.45) is -1.12. The van der Waals surface area contributed by atoms with Gasteiger partial charge >= 0.3 is 24.0 Å². The van der Waals surface area contributed by atoms with Crippen LogP contribution >= 0.6 is 11.8 Å². The molecule has 0 aliphatic rings. The molecular formula is C16H29NO8SSi. The minimum absolute atomic E-state index is 0.0911. The smallest absolute Gasteiger partial charge is 0.407 e. The molecule has 0 fully saturated rings. The molecule has 156 valence electrons. The van der Waals surface area contributed by atoms with Crippen molar-refractivity contribution in [1.29, 1.82) is 0 Å². The van der Waals surface area contributed by atoms with Crippen LogP contribution in [-0.4, -0.2) is 74.5 Å². The number of hydrogen-bond acceptors (Lipinski definition) is 8. The molecule has 1 amide bonds. The second-order valence-electron chi connectivity index (χ2n) is 6.84. The molecule has 0 aliphatic carbocycles. The summed E-state index contributed by atoms with van der Waals surface area (Å²) in [5, 5.41) is 10.5. The van der Waals surface area contributed by atoms with Crippen molar-refractivity contribution in [1.82, 2.24) is 5.32 Å². The first-order valence-electron chi connectivity index (χ1n) is 8.51. The Morgan fingerprint density at radius 1 is 1.15 bits per heavy atom. The van der Waals surface area contributed by atoms with E-state index in [9.17, 15) is 24.3 Å². The molecule has 0 saturated carbocycles. The molecule has 27 heavy (non-hydrogen) atoms. The second-order valence-corrected chi connectivity index (χ2v) is 13.7. The zero-order valence-electron chi connectivity index (χ0n) is 16.4. The van der Waals surface area contributed by atoms with Crippen LogP contribution in [-0.2, 0) is 28.6 Å². The Bertz CT molecular complexity index is 523. The molecule has 0 aromatic carbocycles. The van der Waals surface area contributed by atoms with E-state index >= 15 is 0 Å². The summed E-state index contributed by atoms with van der Waals surface area (Å²) < 4.78 is 14.4. The van der Waals surface area contributed by atoms with Gasteiger partial charge in [0.1, 0.15) is 11.3 Å². The van der Waals surface area contributed by atoms with Crippen LogP contribution in [0.2, 0.25) is 25.7 Å². The van der Waals surface area contributed by atoms with E-state index in [0.717, 1.165) is 24.9 Å². The number of carboxylic acids is 1. The highest BCUT2D eigenvalue weighted by molar-refractivity contribution is 8.00. The van der Waals surface area contributed by atoms with Gasteiger partial charge in [0.2, 0.25) is 0 Å². The molecule has 9 nitrogen and oxygen atoms in total. The summed E-state index contributed by atoms with van der Waals surface area (Å²) in [5.41, 5.74) is 0. The van der Waals surface area contributed by atoms with Crippen molar-refractivity contribution in [2.45, 2.75) is 50.3 Å². The van der Waals surface area contributed by atoms with Gasteiger partial charge in [0.25, 0.3) is 0 Å². The normalized spacial score (nSPS) is 13.2. The summed E-state index contributed by atoms with van der Waals surface area (Å²) in [6.45, 7) is 8.41. The van der Waals surface area contributed by atoms with Crippen LogP contribution in [0.5, 0.6) is 0 Å². The first-order valence-corrected chi connectivity index (χ1v) is 13.3. The number of aliphatic carboxylic acids is 1. The third-order valence-corrected chi connectivity index (χ3v) is 6.26. The predicted octanol–water partition coefficient (Wildman–Crippen LogP) is 1.73. The van der Waals surface area contributed by atoms with Crippen LogP contribution in [0.1, 0.15) is 13.3 Å². The average Bonchev–Trinajstić information content (AvgIpc) is 2.55. The highest BCUT2D eigenvalue weighted by Gasteiger charge is 2.28. The van der Waals surface area contributed by atoms with E-state index in [1.165, 1.54) is 0 Å². The van der Waals surface area contributed by atoms with Gasteiger partial charge in [-0.2, -0.15) is 0 Å². The van der Waals surface area contributed by atoms with Crippen molar-refractivity contribution >= 4 is 43.8 Å². The Hall–Kier alpha value is -1.75. The Kier molecular flexibility index (Phi) is 11.8. The predicted molar refractivity (Wildman–Crippen MR) is 104 cm³/mol. The van der Waals surface area contributed by atoms with E-state index in [0.29, 0.717) is 0 Å². The standard InChI is InChI=1S/C16H29NO8SSi/c1-6-24-13(18)9-12(14(19)20)26-10-11(15(21)23-2)17-16(22)25-7-8-27(3,4)5/h11-12H,6-10H2,1-5H3,(H,17,22)(H,19,20). The van der Waals surface area contributed by atoms with Gasteiger partial charge in [-0.1, -0.05) is 19.6 Å². The SMILES string of the molecule is CCOC(=O)CC(SCC(NC(=O)OCC[Si](C)(C)C)C(=O)OC)C(=O)O. The maximum absolute atomic E-state index is 11.9. The van der Waals surface area contributed by atoms with E-state index in [1.807, 2.05) is 0 Å². The van der Waals surface area contributed by atoms with Gasteiger partial charge in [0.05, 0.1) is 26.7 Å². The molecule has 0 aromatic heterocycles. The largest absolute Gasteiger partial charge is 0.480 e. The van der Waals surface area contributed by atoms with Crippen LogP contribution in [0.25, 0.3) is 0 Å². The summed E-state index contributed by atoms with van der Waals surface area (Å²) >= 11 is 0.841. The summed E-state index contributed by atoms with van der Waals surface area (Å²) in [7, 11) is -0.210. The molecule has 2 atom stereocenters. The zero-order chi connectivity index (χ0) is 21.0. The number of thioether (sulfide) groups is 1. The van der Waals surface area contributed by atoms with E-state index in [4.69, 9.17) is 9.47 Å².